The fourth-order valence-corrected chi connectivity index (χ4v) is 1.21. The second kappa shape index (κ2) is 4.14. The molecule has 2 atom stereocenters. The molecule has 2 unspecified atom stereocenters. The van der Waals surface area contributed by atoms with Gasteiger partial charge in [0.2, 0.25) is 0 Å². The Labute approximate surface area is 72.4 Å². The molecule has 0 aromatic carbocycles. The van der Waals surface area contributed by atoms with Crippen LogP contribution in [-0.2, 0) is 14.3 Å². The molecule has 12 heavy (non-hydrogen) atoms. The van der Waals surface area contributed by atoms with E-state index in [2.05, 4.69) is 0 Å². The Morgan fingerprint density at radius 2 is 2.50 bits per heavy atom. The molecule has 1 aliphatic rings. The molecule has 0 aromatic rings. The van der Waals surface area contributed by atoms with Gasteiger partial charge in [0.15, 0.2) is 0 Å². The Kier molecular flexibility index (Phi) is 3.14. The smallest absolute Gasteiger partial charge is 0.313 e. The van der Waals surface area contributed by atoms with Crippen molar-refractivity contribution >= 4 is 5.97 Å². The summed E-state index contributed by atoms with van der Waals surface area (Å²) in [5, 5.41) is 0. The second-order valence-electron chi connectivity index (χ2n) is 2.81. The fraction of sp³-hybridized carbons (Fsp3) is 0.667. The van der Waals surface area contributed by atoms with Gasteiger partial charge in [-0.3, -0.25) is 4.79 Å². The van der Waals surface area contributed by atoms with Crippen LogP contribution in [0, 0.1) is 5.92 Å². The zero-order valence-corrected chi connectivity index (χ0v) is 7.45. The van der Waals surface area contributed by atoms with Crippen LogP contribution in [0.25, 0.3) is 0 Å². The number of carbonyl (C=O) groups is 1. The summed E-state index contributed by atoms with van der Waals surface area (Å²) in [5.74, 6) is -0.288. The molecule has 0 saturated carbocycles. The Morgan fingerprint density at radius 1 is 1.75 bits per heavy atom. The normalized spacial score (nSPS) is 27.8. The first-order chi connectivity index (χ1) is 5.75. The average Bonchev–Trinajstić information content (AvgIpc) is 2.05. The van der Waals surface area contributed by atoms with Gasteiger partial charge in [0, 0.05) is 0 Å². The van der Waals surface area contributed by atoms with E-state index in [-0.39, 0.29) is 18.0 Å². The lowest BCUT2D eigenvalue weighted by Crippen LogP contribution is -2.30. The molecular formula is C9H14O3. The monoisotopic (exact) mass is 170 g/mol. The lowest BCUT2D eigenvalue weighted by atomic mass is 9.98. The molecule has 0 saturated heterocycles. The van der Waals surface area contributed by atoms with Crippen molar-refractivity contribution in [1.82, 2.24) is 0 Å². The maximum atomic E-state index is 11.3. The minimum Gasteiger partial charge on any atom is -0.498 e. The van der Waals surface area contributed by atoms with Crippen LogP contribution in [0.4, 0.5) is 0 Å². The highest BCUT2D eigenvalue weighted by atomic mass is 16.5. The van der Waals surface area contributed by atoms with E-state index in [9.17, 15) is 4.79 Å². The summed E-state index contributed by atoms with van der Waals surface area (Å²) >= 11 is 0. The summed E-state index contributed by atoms with van der Waals surface area (Å²) < 4.78 is 10.1. The van der Waals surface area contributed by atoms with Gasteiger partial charge in [-0.1, -0.05) is 0 Å². The molecule has 0 aromatic heterocycles. The molecule has 3 nitrogen and oxygen atoms in total. The molecule has 0 aliphatic carbocycles. The van der Waals surface area contributed by atoms with Crippen LogP contribution in [-0.4, -0.2) is 18.7 Å². The van der Waals surface area contributed by atoms with E-state index in [4.69, 9.17) is 9.47 Å². The Morgan fingerprint density at radius 3 is 3.08 bits per heavy atom. The Balaban J connectivity index is 2.49. The molecule has 68 valence electrons. The van der Waals surface area contributed by atoms with Gasteiger partial charge < -0.3 is 9.47 Å². The first-order valence-corrected chi connectivity index (χ1v) is 4.22. The molecule has 0 radical (unpaired) electrons. The van der Waals surface area contributed by atoms with E-state index in [0.29, 0.717) is 6.61 Å². The van der Waals surface area contributed by atoms with Crippen molar-refractivity contribution in [3.05, 3.63) is 12.3 Å². The molecule has 0 bridgehead atoms. The van der Waals surface area contributed by atoms with Crippen LogP contribution in [0.5, 0.6) is 0 Å². The number of esters is 1. The van der Waals surface area contributed by atoms with Crippen LogP contribution >= 0.6 is 0 Å². The molecule has 3 heteroatoms. The molecule has 1 aliphatic heterocycles. The standard InChI is InChI=1S/C9H14O3/c1-3-11-9(10)8-5-4-6-12-7(8)2/h4,6-8H,3,5H2,1-2H3. The van der Waals surface area contributed by atoms with Gasteiger partial charge in [-0.15, -0.1) is 0 Å². The van der Waals surface area contributed by atoms with E-state index in [0.717, 1.165) is 6.42 Å². The highest BCUT2D eigenvalue weighted by Gasteiger charge is 2.27. The lowest BCUT2D eigenvalue weighted by Gasteiger charge is -2.23. The van der Waals surface area contributed by atoms with E-state index >= 15 is 0 Å². The summed E-state index contributed by atoms with van der Waals surface area (Å²) in [5.41, 5.74) is 0. The van der Waals surface area contributed by atoms with Gasteiger partial charge in [-0.25, -0.2) is 0 Å². The predicted molar refractivity (Wildman–Crippen MR) is 44.4 cm³/mol. The summed E-state index contributed by atoms with van der Waals surface area (Å²) in [6, 6.07) is 0. The number of hydrogen-bond acceptors (Lipinski definition) is 3. The van der Waals surface area contributed by atoms with Crippen LogP contribution in [0.3, 0.4) is 0 Å². The van der Waals surface area contributed by atoms with Crippen LogP contribution in [0.1, 0.15) is 20.3 Å². The minimum atomic E-state index is -0.158. The van der Waals surface area contributed by atoms with Gasteiger partial charge in [-0.05, 0) is 26.3 Å². The van der Waals surface area contributed by atoms with E-state index in [1.54, 1.807) is 6.26 Å². The minimum absolute atomic E-state index is 0.0611. The Bertz CT molecular complexity index is 186. The number of rotatable bonds is 2. The van der Waals surface area contributed by atoms with Crippen molar-refractivity contribution in [3.8, 4) is 0 Å². The van der Waals surface area contributed by atoms with Crippen molar-refractivity contribution in [2.24, 2.45) is 5.92 Å². The number of hydrogen-bond donors (Lipinski definition) is 0. The highest BCUT2D eigenvalue weighted by Crippen LogP contribution is 2.19. The fourth-order valence-electron chi connectivity index (χ4n) is 1.21. The molecular weight excluding hydrogens is 156 g/mol. The topological polar surface area (TPSA) is 35.5 Å². The summed E-state index contributed by atoms with van der Waals surface area (Å²) in [6.45, 7) is 4.12. The summed E-state index contributed by atoms with van der Waals surface area (Å²) in [6.07, 6.45) is 4.15. The third-order valence-electron chi connectivity index (χ3n) is 1.94. The van der Waals surface area contributed by atoms with Crippen LogP contribution in [0.15, 0.2) is 12.3 Å². The molecule has 0 fully saturated rings. The van der Waals surface area contributed by atoms with Gasteiger partial charge in [0.25, 0.3) is 0 Å². The summed E-state index contributed by atoms with van der Waals surface area (Å²) in [4.78, 5) is 11.3. The van der Waals surface area contributed by atoms with Gasteiger partial charge >= 0.3 is 5.97 Å². The van der Waals surface area contributed by atoms with Gasteiger partial charge in [0.05, 0.1) is 18.8 Å². The first-order valence-electron chi connectivity index (χ1n) is 4.22. The third-order valence-corrected chi connectivity index (χ3v) is 1.94. The van der Waals surface area contributed by atoms with Gasteiger partial charge in [0.1, 0.15) is 6.10 Å². The molecule has 1 heterocycles. The molecule has 0 spiro atoms. The lowest BCUT2D eigenvalue weighted by molar-refractivity contribution is -0.152. The number of ether oxygens (including phenoxy) is 2. The predicted octanol–water partition coefficient (Wildman–Crippen LogP) is 1.49. The number of allylic oxidation sites excluding steroid dienone is 1. The third kappa shape index (κ3) is 2.00. The number of carbonyl (C=O) groups excluding carboxylic acids is 1. The van der Waals surface area contributed by atoms with Crippen molar-refractivity contribution in [1.29, 1.82) is 0 Å². The summed E-state index contributed by atoms with van der Waals surface area (Å²) in [7, 11) is 0. The maximum Gasteiger partial charge on any atom is 0.313 e. The quantitative estimate of drug-likeness (QED) is 0.589. The second-order valence-corrected chi connectivity index (χ2v) is 2.81. The largest absolute Gasteiger partial charge is 0.498 e. The first kappa shape index (κ1) is 9.10. The molecule has 0 amide bonds. The van der Waals surface area contributed by atoms with E-state index in [1.807, 2.05) is 19.9 Å². The van der Waals surface area contributed by atoms with Crippen molar-refractivity contribution < 1.29 is 14.3 Å². The zero-order chi connectivity index (χ0) is 8.97. The van der Waals surface area contributed by atoms with Gasteiger partial charge in [-0.2, -0.15) is 0 Å². The molecule has 0 N–H and O–H groups in total. The van der Waals surface area contributed by atoms with Crippen LogP contribution < -0.4 is 0 Å². The van der Waals surface area contributed by atoms with Crippen molar-refractivity contribution in [2.45, 2.75) is 26.4 Å². The highest BCUT2D eigenvalue weighted by molar-refractivity contribution is 5.73. The van der Waals surface area contributed by atoms with E-state index < -0.39 is 0 Å². The SMILES string of the molecule is CCOC(=O)C1CC=COC1C. The average molecular weight is 170 g/mol. The van der Waals surface area contributed by atoms with Crippen LogP contribution in [0.2, 0.25) is 0 Å². The molecule has 1 rings (SSSR count). The Hall–Kier alpha value is -0.990. The van der Waals surface area contributed by atoms with Crippen molar-refractivity contribution in [3.63, 3.8) is 0 Å². The van der Waals surface area contributed by atoms with Crippen molar-refractivity contribution in [2.75, 3.05) is 6.61 Å². The zero-order valence-electron chi connectivity index (χ0n) is 7.45. The maximum absolute atomic E-state index is 11.3. The van der Waals surface area contributed by atoms with E-state index in [1.165, 1.54) is 0 Å².